The van der Waals surface area contributed by atoms with Gasteiger partial charge < -0.3 is 4.90 Å². The molecule has 1 atom stereocenters. The molecule has 0 aliphatic carbocycles. The molecule has 0 fully saturated rings. The predicted octanol–water partition coefficient (Wildman–Crippen LogP) is 3.76. The van der Waals surface area contributed by atoms with Crippen LogP contribution in [0.3, 0.4) is 0 Å². The Hall–Kier alpha value is -1.92. The molecule has 2 aromatic heterocycles. The topological polar surface area (TPSA) is 46.1 Å². The highest BCUT2D eigenvalue weighted by atomic mass is 32.2. The van der Waals surface area contributed by atoms with Crippen molar-refractivity contribution < 1.29 is 4.79 Å². The van der Waals surface area contributed by atoms with Gasteiger partial charge in [0.25, 0.3) is 0 Å². The number of amides is 1. The van der Waals surface area contributed by atoms with Crippen LogP contribution < -0.4 is 4.90 Å². The monoisotopic (exact) mass is 341 g/mol. The van der Waals surface area contributed by atoms with Crippen LogP contribution in [0.2, 0.25) is 0 Å². The van der Waals surface area contributed by atoms with E-state index >= 15 is 0 Å². The van der Waals surface area contributed by atoms with Gasteiger partial charge in [0.05, 0.1) is 5.75 Å². The maximum absolute atomic E-state index is 12.7. The number of benzene rings is 1. The van der Waals surface area contributed by atoms with E-state index in [4.69, 9.17) is 0 Å². The molecule has 1 aromatic carbocycles. The van der Waals surface area contributed by atoms with Crippen LogP contribution >= 0.6 is 23.1 Å². The average Bonchev–Trinajstić information content (AvgIpc) is 3.15. The first-order chi connectivity index (χ1) is 11.2. The number of carbonyl (C=O) groups excluding carboxylic acids is 1. The first-order valence-electron chi connectivity index (χ1n) is 7.45. The van der Waals surface area contributed by atoms with E-state index in [1.54, 1.807) is 17.7 Å². The molecule has 1 aliphatic heterocycles. The van der Waals surface area contributed by atoms with Crippen LogP contribution in [0.4, 0.5) is 5.69 Å². The zero-order chi connectivity index (χ0) is 15.8. The van der Waals surface area contributed by atoms with Crippen LogP contribution in [0, 0.1) is 0 Å². The Bertz CT molecular complexity index is 877. The molecular formula is C17H15N3OS2. The molecule has 1 aliphatic rings. The number of hydrogen-bond acceptors (Lipinski definition) is 5. The molecule has 0 unspecified atom stereocenters. The minimum Gasteiger partial charge on any atom is -0.308 e. The number of carbonyl (C=O) groups is 1. The fraction of sp³-hybridized carbons (Fsp3) is 0.235. The molecular weight excluding hydrogens is 326 g/mol. The van der Waals surface area contributed by atoms with E-state index in [1.807, 2.05) is 34.5 Å². The molecule has 4 rings (SSSR count). The third-order valence-electron chi connectivity index (χ3n) is 4.03. The van der Waals surface area contributed by atoms with Crippen molar-refractivity contribution in [2.24, 2.45) is 0 Å². The smallest absolute Gasteiger partial charge is 0.237 e. The highest BCUT2D eigenvalue weighted by Crippen LogP contribution is 2.33. The van der Waals surface area contributed by atoms with E-state index in [9.17, 15) is 4.79 Å². The number of hydrogen-bond donors (Lipinski definition) is 0. The third kappa shape index (κ3) is 2.62. The standard InChI is InChI=1S/C17H15N3OS2/c1-11-8-12-4-2-3-5-14(12)20(11)15(21)9-23-17-13-6-7-22-16(13)18-10-19-17/h2-7,10-11H,8-9H2,1H3/t11-/m0/s1. The zero-order valence-corrected chi connectivity index (χ0v) is 14.2. The summed E-state index contributed by atoms with van der Waals surface area (Å²) in [6, 6.07) is 10.4. The van der Waals surface area contributed by atoms with E-state index in [-0.39, 0.29) is 11.9 Å². The number of rotatable bonds is 3. The second kappa shape index (κ2) is 5.94. The van der Waals surface area contributed by atoms with Crippen molar-refractivity contribution in [2.75, 3.05) is 10.7 Å². The predicted molar refractivity (Wildman–Crippen MR) is 95.2 cm³/mol. The van der Waals surface area contributed by atoms with Gasteiger partial charge in [-0.3, -0.25) is 4.79 Å². The molecule has 0 radical (unpaired) electrons. The molecule has 3 aromatic rings. The molecule has 0 bridgehead atoms. The minimum absolute atomic E-state index is 0.134. The van der Waals surface area contributed by atoms with Gasteiger partial charge in [0.2, 0.25) is 5.91 Å². The lowest BCUT2D eigenvalue weighted by Crippen LogP contribution is -2.36. The third-order valence-corrected chi connectivity index (χ3v) is 5.84. The summed E-state index contributed by atoms with van der Waals surface area (Å²) in [5, 5.41) is 3.92. The van der Waals surface area contributed by atoms with Gasteiger partial charge in [-0.15, -0.1) is 11.3 Å². The van der Waals surface area contributed by atoms with Crippen molar-refractivity contribution >= 4 is 44.9 Å². The van der Waals surface area contributed by atoms with Gasteiger partial charge in [0.15, 0.2) is 0 Å². The minimum atomic E-state index is 0.134. The van der Waals surface area contributed by atoms with E-state index in [2.05, 4.69) is 23.0 Å². The summed E-state index contributed by atoms with van der Waals surface area (Å²) < 4.78 is 0. The summed E-state index contributed by atoms with van der Waals surface area (Å²) >= 11 is 3.08. The molecule has 0 saturated heterocycles. The zero-order valence-electron chi connectivity index (χ0n) is 12.6. The number of anilines is 1. The molecule has 116 valence electrons. The normalized spacial score (nSPS) is 16.7. The Balaban J connectivity index is 1.54. The maximum atomic E-state index is 12.7. The van der Waals surface area contributed by atoms with Gasteiger partial charge in [0, 0.05) is 17.1 Å². The van der Waals surface area contributed by atoms with Crippen molar-refractivity contribution in [3.8, 4) is 0 Å². The molecule has 3 heterocycles. The Morgan fingerprint density at radius 3 is 3.13 bits per heavy atom. The number of fused-ring (bicyclic) bond motifs is 2. The molecule has 0 saturated carbocycles. The Morgan fingerprint density at radius 1 is 1.35 bits per heavy atom. The highest BCUT2D eigenvalue weighted by Gasteiger charge is 2.30. The van der Waals surface area contributed by atoms with Gasteiger partial charge in [-0.1, -0.05) is 30.0 Å². The summed E-state index contributed by atoms with van der Waals surface area (Å²) in [5.41, 5.74) is 2.30. The first-order valence-corrected chi connectivity index (χ1v) is 9.31. The molecule has 0 spiro atoms. The van der Waals surface area contributed by atoms with E-state index in [1.165, 1.54) is 17.3 Å². The van der Waals surface area contributed by atoms with Crippen molar-refractivity contribution in [1.82, 2.24) is 9.97 Å². The number of nitrogens with zero attached hydrogens (tertiary/aromatic N) is 3. The van der Waals surface area contributed by atoms with Crippen LogP contribution in [0.15, 0.2) is 47.1 Å². The quantitative estimate of drug-likeness (QED) is 0.537. The van der Waals surface area contributed by atoms with Crippen LogP contribution in [-0.2, 0) is 11.2 Å². The van der Waals surface area contributed by atoms with Crippen LogP contribution in [0.5, 0.6) is 0 Å². The van der Waals surface area contributed by atoms with E-state index < -0.39 is 0 Å². The van der Waals surface area contributed by atoms with E-state index in [0.717, 1.165) is 27.4 Å². The molecule has 23 heavy (non-hydrogen) atoms. The lowest BCUT2D eigenvalue weighted by atomic mass is 10.1. The number of para-hydroxylation sites is 1. The van der Waals surface area contributed by atoms with E-state index in [0.29, 0.717) is 5.75 Å². The molecule has 6 heteroatoms. The van der Waals surface area contributed by atoms with Crippen molar-refractivity contribution in [1.29, 1.82) is 0 Å². The Labute approximate surface area is 142 Å². The Morgan fingerprint density at radius 2 is 2.22 bits per heavy atom. The van der Waals surface area contributed by atoms with Crippen molar-refractivity contribution in [3.05, 3.63) is 47.6 Å². The van der Waals surface area contributed by atoms with Gasteiger partial charge >= 0.3 is 0 Å². The highest BCUT2D eigenvalue weighted by molar-refractivity contribution is 8.00. The average molecular weight is 341 g/mol. The van der Waals surface area contributed by atoms with Gasteiger partial charge in [0.1, 0.15) is 16.2 Å². The first kappa shape index (κ1) is 14.7. The molecule has 4 nitrogen and oxygen atoms in total. The van der Waals surface area contributed by atoms with Crippen LogP contribution in [0.1, 0.15) is 12.5 Å². The second-order valence-corrected chi connectivity index (χ2v) is 7.41. The number of aromatic nitrogens is 2. The number of thioether (sulfide) groups is 1. The second-order valence-electron chi connectivity index (χ2n) is 5.55. The SMILES string of the molecule is C[C@H]1Cc2ccccc2N1C(=O)CSc1ncnc2sccc12. The summed E-state index contributed by atoms with van der Waals surface area (Å²) in [6.07, 6.45) is 2.49. The maximum Gasteiger partial charge on any atom is 0.237 e. The lowest BCUT2D eigenvalue weighted by Gasteiger charge is -2.22. The fourth-order valence-corrected chi connectivity index (χ4v) is 4.67. The molecule has 1 amide bonds. The number of thiophene rings is 1. The summed E-state index contributed by atoms with van der Waals surface area (Å²) in [7, 11) is 0. The molecule has 0 N–H and O–H groups in total. The van der Waals surface area contributed by atoms with Gasteiger partial charge in [-0.25, -0.2) is 9.97 Å². The van der Waals surface area contributed by atoms with Crippen LogP contribution in [-0.4, -0.2) is 27.7 Å². The van der Waals surface area contributed by atoms with Crippen LogP contribution in [0.25, 0.3) is 10.2 Å². The lowest BCUT2D eigenvalue weighted by molar-refractivity contribution is -0.116. The van der Waals surface area contributed by atoms with Crippen molar-refractivity contribution in [3.63, 3.8) is 0 Å². The van der Waals surface area contributed by atoms with Gasteiger partial charge in [-0.2, -0.15) is 0 Å². The summed E-state index contributed by atoms with van der Waals surface area (Å²) in [6.45, 7) is 2.10. The summed E-state index contributed by atoms with van der Waals surface area (Å²) in [4.78, 5) is 24.2. The summed E-state index contributed by atoms with van der Waals surface area (Å²) in [5.74, 6) is 0.523. The van der Waals surface area contributed by atoms with Gasteiger partial charge in [-0.05, 0) is 36.4 Å². The largest absolute Gasteiger partial charge is 0.308 e. The Kier molecular flexibility index (Phi) is 3.79. The fourth-order valence-electron chi connectivity index (χ4n) is 3.03. The van der Waals surface area contributed by atoms with Crippen molar-refractivity contribution in [2.45, 2.75) is 24.4 Å².